The number of carbonyl (C=O) groups is 3. The molecule has 0 aliphatic carbocycles. The van der Waals surface area contributed by atoms with E-state index < -0.39 is 0 Å². The van der Waals surface area contributed by atoms with Gasteiger partial charge in [0.15, 0.2) is 0 Å². The lowest BCUT2D eigenvalue weighted by atomic mass is 10.0. The summed E-state index contributed by atoms with van der Waals surface area (Å²) >= 11 is 0. The van der Waals surface area contributed by atoms with Crippen molar-refractivity contribution in [2.75, 3.05) is 41.0 Å². The van der Waals surface area contributed by atoms with Gasteiger partial charge in [0.1, 0.15) is 17.2 Å². The van der Waals surface area contributed by atoms with Crippen LogP contribution in [0.15, 0.2) is 91.0 Å². The topological polar surface area (TPSA) is 115 Å². The van der Waals surface area contributed by atoms with Crippen LogP contribution >= 0.6 is 0 Å². The standard InChI is InChI=1S/C36H39N3O6/c1-43-31-10-4-25(5-11-31)16-19-37-34(40)28-22-29(35(41)38-20-17-26-6-12-32(44-2)13-7-26)24-30(23-28)36(42)39-21-18-27-8-14-33(45-3)15-9-27/h4-15,22-24H,16-21H2,1-3H3,(H,37,40)(H,38,41)(H,39,42). The largest absolute Gasteiger partial charge is 0.497 e. The molecule has 0 aliphatic heterocycles. The van der Waals surface area contributed by atoms with Crippen LogP contribution in [0.4, 0.5) is 0 Å². The second kappa shape index (κ2) is 16.5. The van der Waals surface area contributed by atoms with Crippen molar-refractivity contribution in [2.45, 2.75) is 19.3 Å². The van der Waals surface area contributed by atoms with Gasteiger partial charge in [-0.05, 0) is 90.6 Å². The average molecular weight is 610 g/mol. The number of carbonyl (C=O) groups excluding carboxylic acids is 3. The Hall–Kier alpha value is -5.31. The molecule has 0 saturated heterocycles. The zero-order valence-electron chi connectivity index (χ0n) is 25.9. The Morgan fingerprint density at radius 1 is 0.444 bits per heavy atom. The normalized spacial score (nSPS) is 10.5. The number of rotatable bonds is 15. The first-order valence-electron chi connectivity index (χ1n) is 14.8. The van der Waals surface area contributed by atoms with Crippen LogP contribution in [0.3, 0.4) is 0 Å². The van der Waals surface area contributed by atoms with E-state index in [4.69, 9.17) is 14.2 Å². The molecule has 3 amide bonds. The van der Waals surface area contributed by atoms with Gasteiger partial charge in [-0.1, -0.05) is 36.4 Å². The monoisotopic (exact) mass is 609 g/mol. The van der Waals surface area contributed by atoms with Crippen LogP contribution in [-0.2, 0) is 19.3 Å². The van der Waals surface area contributed by atoms with Crippen LogP contribution < -0.4 is 30.2 Å². The van der Waals surface area contributed by atoms with Crippen molar-refractivity contribution in [2.24, 2.45) is 0 Å². The molecule has 0 aromatic heterocycles. The molecule has 3 N–H and O–H groups in total. The molecular weight excluding hydrogens is 570 g/mol. The van der Waals surface area contributed by atoms with E-state index in [2.05, 4.69) is 16.0 Å². The SMILES string of the molecule is COc1ccc(CCNC(=O)c2cc(C(=O)NCCc3ccc(OC)cc3)cc(C(=O)NCCc3ccc(OC)cc3)c2)cc1. The summed E-state index contributed by atoms with van der Waals surface area (Å²) in [5, 5.41) is 8.71. The number of benzene rings is 4. The van der Waals surface area contributed by atoms with Crippen LogP contribution in [0.25, 0.3) is 0 Å². The molecule has 4 aromatic carbocycles. The summed E-state index contributed by atoms with van der Waals surface area (Å²) in [6.45, 7) is 1.15. The average Bonchev–Trinajstić information content (AvgIpc) is 3.08. The smallest absolute Gasteiger partial charge is 0.251 e. The van der Waals surface area contributed by atoms with Gasteiger partial charge < -0.3 is 30.2 Å². The van der Waals surface area contributed by atoms with Gasteiger partial charge in [-0.2, -0.15) is 0 Å². The molecule has 0 aliphatic rings. The van der Waals surface area contributed by atoms with Crippen molar-refractivity contribution in [1.82, 2.24) is 16.0 Å². The molecule has 0 radical (unpaired) electrons. The van der Waals surface area contributed by atoms with Crippen LogP contribution in [0.2, 0.25) is 0 Å². The quantitative estimate of drug-likeness (QED) is 0.181. The molecule has 4 aromatic rings. The highest BCUT2D eigenvalue weighted by Crippen LogP contribution is 2.15. The number of amides is 3. The molecular formula is C36H39N3O6. The minimum Gasteiger partial charge on any atom is -0.497 e. The first kappa shape index (κ1) is 32.6. The third-order valence-corrected chi connectivity index (χ3v) is 7.29. The van der Waals surface area contributed by atoms with E-state index in [1.165, 1.54) is 18.2 Å². The van der Waals surface area contributed by atoms with E-state index in [0.29, 0.717) is 38.9 Å². The van der Waals surface area contributed by atoms with Crippen molar-refractivity contribution < 1.29 is 28.6 Å². The van der Waals surface area contributed by atoms with Crippen LogP contribution in [0, 0.1) is 0 Å². The minimum absolute atomic E-state index is 0.229. The molecule has 0 unspecified atom stereocenters. The minimum atomic E-state index is -0.372. The second-order valence-corrected chi connectivity index (χ2v) is 10.4. The molecule has 45 heavy (non-hydrogen) atoms. The van der Waals surface area contributed by atoms with E-state index in [-0.39, 0.29) is 34.4 Å². The summed E-state index contributed by atoms with van der Waals surface area (Å²) in [6.07, 6.45) is 1.83. The highest BCUT2D eigenvalue weighted by Gasteiger charge is 2.17. The van der Waals surface area contributed by atoms with Gasteiger partial charge in [0, 0.05) is 36.3 Å². The van der Waals surface area contributed by atoms with E-state index in [1.54, 1.807) is 21.3 Å². The number of nitrogens with one attached hydrogen (secondary N) is 3. The van der Waals surface area contributed by atoms with Crippen molar-refractivity contribution in [1.29, 1.82) is 0 Å². The molecule has 0 saturated carbocycles. The highest BCUT2D eigenvalue weighted by molar-refractivity contribution is 6.04. The van der Waals surface area contributed by atoms with Gasteiger partial charge in [-0.25, -0.2) is 0 Å². The van der Waals surface area contributed by atoms with Crippen molar-refractivity contribution >= 4 is 17.7 Å². The Morgan fingerprint density at radius 3 is 0.911 bits per heavy atom. The van der Waals surface area contributed by atoms with Crippen molar-refractivity contribution in [3.8, 4) is 17.2 Å². The zero-order chi connectivity index (χ0) is 32.0. The van der Waals surface area contributed by atoms with Gasteiger partial charge in [-0.15, -0.1) is 0 Å². The molecule has 0 bridgehead atoms. The highest BCUT2D eigenvalue weighted by atomic mass is 16.5. The Balaban J connectivity index is 1.42. The maximum absolute atomic E-state index is 13.2. The van der Waals surface area contributed by atoms with Crippen LogP contribution in [-0.4, -0.2) is 58.7 Å². The molecule has 0 fully saturated rings. The molecule has 9 heteroatoms. The van der Waals surface area contributed by atoms with Gasteiger partial charge in [0.25, 0.3) is 17.7 Å². The first-order valence-corrected chi connectivity index (χ1v) is 14.8. The predicted molar refractivity (Wildman–Crippen MR) is 174 cm³/mol. The molecule has 234 valence electrons. The summed E-state index contributed by atoms with van der Waals surface area (Å²) in [5.74, 6) is 1.17. The van der Waals surface area contributed by atoms with Crippen molar-refractivity contribution in [3.63, 3.8) is 0 Å². The molecule has 0 atom stereocenters. The molecule has 9 nitrogen and oxygen atoms in total. The fraction of sp³-hybridized carbons (Fsp3) is 0.250. The Kier molecular flexibility index (Phi) is 12.0. The molecule has 0 heterocycles. The van der Waals surface area contributed by atoms with Gasteiger partial charge in [0.2, 0.25) is 0 Å². The Bertz CT molecular complexity index is 1370. The van der Waals surface area contributed by atoms with Gasteiger partial charge >= 0.3 is 0 Å². The van der Waals surface area contributed by atoms with Crippen molar-refractivity contribution in [3.05, 3.63) is 124 Å². The van der Waals surface area contributed by atoms with E-state index in [9.17, 15) is 14.4 Å². The third kappa shape index (κ3) is 9.86. The van der Waals surface area contributed by atoms with Crippen LogP contribution in [0.1, 0.15) is 47.8 Å². The van der Waals surface area contributed by atoms with Crippen LogP contribution in [0.5, 0.6) is 17.2 Å². The fourth-order valence-electron chi connectivity index (χ4n) is 4.66. The fourth-order valence-corrected chi connectivity index (χ4v) is 4.66. The summed E-state index contributed by atoms with van der Waals surface area (Å²) < 4.78 is 15.6. The lowest BCUT2D eigenvalue weighted by Gasteiger charge is -2.12. The summed E-state index contributed by atoms with van der Waals surface area (Å²) in [5.41, 5.74) is 3.81. The van der Waals surface area contributed by atoms with Gasteiger partial charge in [-0.3, -0.25) is 14.4 Å². The second-order valence-electron chi connectivity index (χ2n) is 10.4. The number of hydrogen-bond donors (Lipinski definition) is 3. The third-order valence-electron chi connectivity index (χ3n) is 7.29. The summed E-state index contributed by atoms with van der Waals surface area (Å²) in [6, 6.07) is 27.4. The predicted octanol–water partition coefficient (Wildman–Crippen LogP) is 4.63. The number of hydrogen-bond acceptors (Lipinski definition) is 6. The molecule has 0 spiro atoms. The van der Waals surface area contributed by atoms with Gasteiger partial charge in [0.05, 0.1) is 21.3 Å². The lowest BCUT2D eigenvalue weighted by molar-refractivity contribution is 0.0953. The first-order chi connectivity index (χ1) is 21.9. The van der Waals surface area contributed by atoms with E-state index in [1.807, 2.05) is 72.8 Å². The number of ether oxygens (including phenoxy) is 3. The van der Waals surface area contributed by atoms with E-state index in [0.717, 1.165) is 33.9 Å². The zero-order valence-corrected chi connectivity index (χ0v) is 25.9. The lowest BCUT2D eigenvalue weighted by Crippen LogP contribution is -2.30. The maximum atomic E-state index is 13.2. The molecule has 4 rings (SSSR count). The Morgan fingerprint density at radius 2 is 0.689 bits per heavy atom. The Labute approximate surface area is 263 Å². The number of methoxy groups -OCH3 is 3. The summed E-state index contributed by atoms with van der Waals surface area (Å²) in [4.78, 5) is 39.5. The van der Waals surface area contributed by atoms with E-state index >= 15 is 0 Å². The maximum Gasteiger partial charge on any atom is 0.251 e. The summed E-state index contributed by atoms with van der Waals surface area (Å²) in [7, 11) is 4.83.